The summed E-state index contributed by atoms with van der Waals surface area (Å²) in [5.74, 6) is -19.0. The van der Waals surface area contributed by atoms with E-state index in [0.717, 1.165) is 31.4 Å². The van der Waals surface area contributed by atoms with Gasteiger partial charge in [-0.25, -0.2) is 0 Å². The van der Waals surface area contributed by atoms with Gasteiger partial charge in [0.1, 0.15) is 96.9 Å². The lowest BCUT2D eigenvalue weighted by Gasteiger charge is -2.36. The first-order valence-corrected chi connectivity index (χ1v) is 50.2. The molecule has 3 fully saturated rings. The number of rotatable bonds is 21. The number of phenols is 1. The van der Waals surface area contributed by atoms with Crippen LogP contribution in [-0.4, -0.2) is 319 Å². The van der Waals surface area contributed by atoms with Crippen LogP contribution < -0.4 is 81.1 Å². The van der Waals surface area contributed by atoms with Crippen LogP contribution in [0.3, 0.4) is 0 Å². The number of fused-ring (bicyclic) bond motifs is 42. The summed E-state index contributed by atoms with van der Waals surface area (Å²) >= 11 is 7.57. The van der Waals surface area contributed by atoms with E-state index in [1.165, 1.54) is 86.2 Å². The van der Waals surface area contributed by atoms with E-state index in [1.807, 2.05) is 13.8 Å². The molecule has 11 rings (SSSR count). The van der Waals surface area contributed by atoms with Crippen molar-refractivity contribution in [1.29, 1.82) is 0 Å². The average Bonchev–Trinajstić information content (AvgIpc) is 1.66. The Morgan fingerprint density at radius 2 is 1.22 bits per heavy atom. The number of aromatic nitrogens is 2. The number of thioether (sulfide) groups is 1. The van der Waals surface area contributed by atoms with Gasteiger partial charge >= 0.3 is 13.1 Å². The molecular formula is C98H135BClN21O22S. The first-order valence-electron chi connectivity index (χ1n) is 48.7. The maximum absolute atomic E-state index is 16.3. The second-order valence-electron chi connectivity index (χ2n) is 38.0. The molecule has 0 saturated carbocycles. The number of carbonyl (C=O) groups is 18. The monoisotopic (exact) mass is 2040 g/mol. The topological polar surface area (TPSA) is 624 Å². The fourth-order valence-electron chi connectivity index (χ4n) is 18.3. The Bertz CT molecular complexity index is 5650. The van der Waals surface area contributed by atoms with Gasteiger partial charge in [-0.15, -0.1) is 11.8 Å². The van der Waals surface area contributed by atoms with E-state index in [1.54, 1.807) is 82.4 Å². The van der Waals surface area contributed by atoms with Crippen LogP contribution in [0.4, 0.5) is 0 Å². The van der Waals surface area contributed by atoms with Crippen molar-refractivity contribution < 1.29 is 106 Å². The summed E-state index contributed by atoms with van der Waals surface area (Å²) in [5, 5.41) is 64.9. The van der Waals surface area contributed by atoms with E-state index in [-0.39, 0.29) is 99.6 Å². The Hall–Kier alpha value is -13.2. The molecule has 6 aromatic rings. The molecule has 7 heterocycles. The lowest BCUT2D eigenvalue weighted by atomic mass is 9.78. The number of phenolic OH excluding ortho intramolecular Hbond substituents is 1. The third-order valence-electron chi connectivity index (χ3n) is 26.1. The van der Waals surface area contributed by atoms with Crippen LogP contribution in [0, 0.1) is 11.8 Å². The maximum Gasteiger partial charge on any atom is 0.563 e. The Morgan fingerprint density at radius 3 is 1.90 bits per heavy atom. The van der Waals surface area contributed by atoms with Crippen molar-refractivity contribution in [3.05, 3.63) is 131 Å². The summed E-state index contributed by atoms with van der Waals surface area (Å²) in [4.78, 5) is 278. The van der Waals surface area contributed by atoms with Gasteiger partial charge in [0.2, 0.25) is 100 Å². The SMILES string of the molecule is CCCC[C@H]1C(=O)N(C)[C@@H](CCCC)C(=O)N[C@@H](CC(C)C)C(=O)N[C@H](C(=O)NCC(N)=O)CSCC(=O)N[C@@H](Cc2ccc(O)cc2)C(=O)N(C)[C@@H](C)C(=O)N[C@@H](CC(N)=O)C(=O)N2CCC[C@H]2C(=O)N[C@H]2CNCc3ccc(Cl)c(c3)B(O)OC(=O)Cn3cc(c4ccccc43)C[C@H](NC(=O)[C@H](CCN)NC(=O)[C@H](Cc3c[nH]c4ccccc34)NC(=O)[C@@H]3C[C@@H](O)CN3C(=O)[C@H](CC(C)C)NC2=O)C(=O)N1C. The molecule has 5 aliphatic heterocycles. The van der Waals surface area contributed by atoms with Crippen molar-refractivity contribution in [2.24, 2.45) is 29.0 Å². The maximum atomic E-state index is 16.3. The molecule has 5 aliphatic rings. The van der Waals surface area contributed by atoms with Gasteiger partial charge < -0.3 is 130 Å². The number of aliphatic hydroxyl groups excluding tert-OH is 1. The fraction of sp³-hybridized carbons (Fsp3) is 0.531. The molecule has 17 amide bonds. The van der Waals surface area contributed by atoms with E-state index in [9.17, 15) is 53.6 Å². The summed E-state index contributed by atoms with van der Waals surface area (Å²) in [6, 6.07) is 1.63. The Kier molecular flexibility index (Phi) is 41.4. The lowest BCUT2D eigenvalue weighted by molar-refractivity contribution is -0.149. The van der Waals surface area contributed by atoms with E-state index in [2.05, 4.69) is 63.5 Å². The number of likely N-dealkylation sites (N-methyl/N-ethyl adjacent to an activating group) is 3. The number of aromatic amines is 1. The molecule has 144 heavy (non-hydrogen) atoms. The molecular weight excluding hydrogens is 1900 g/mol. The van der Waals surface area contributed by atoms with E-state index in [4.69, 9.17) is 33.5 Å². The number of unbranched alkanes of at least 4 members (excludes halogenated alkanes) is 2. The van der Waals surface area contributed by atoms with Gasteiger partial charge in [0, 0.05) is 123 Å². The van der Waals surface area contributed by atoms with E-state index < -0.39 is 267 Å². The van der Waals surface area contributed by atoms with Crippen LogP contribution in [0.2, 0.25) is 5.02 Å². The summed E-state index contributed by atoms with van der Waals surface area (Å²) in [5.41, 5.74) is 20.0. The van der Waals surface area contributed by atoms with Gasteiger partial charge in [-0.3, -0.25) is 86.3 Å². The molecule has 0 radical (unpaired) electrons. The molecule has 15 atom stereocenters. The van der Waals surface area contributed by atoms with Gasteiger partial charge in [0.15, 0.2) is 0 Å². The van der Waals surface area contributed by atoms with Crippen molar-refractivity contribution in [2.45, 2.75) is 255 Å². The number of amides is 17. The van der Waals surface area contributed by atoms with Gasteiger partial charge in [-0.2, -0.15) is 0 Å². The first-order chi connectivity index (χ1) is 68.5. The number of nitrogens with two attached hydrogens (primary N) is 3. The molecule has 21 N–H and O–H groups in total. The highest BCUT2D eigenvalue weighted by Gasteiger charge is 2.47. The smallest absolute Gasteiger partial charge is 0.508 e. The number of primary amides is 2. The van der Waals surface area contributed by atoms with Gasteiger partial charge in [-0.1, -0.05) is 139 Å². The number of carbonyl (C=O) groups excluding carboxylic acids is 18. The zero-order valence-corrected chi connectivity index (χ0v) is 84.3. The molecule has 46 heteroatoms. The number of aromatic hydroxyl groups is 1. The summed E-state index contributed by atoms with van der Waals surface area (Å²) in [7, 11) is 1.85. The second-order valence-corrected chi connectivity index (χ2v) is 39.4. The standard InChI is InChI=1S/C98H135BClN21O22S/c1-11-13-23-77-91(134)109-68(36-53(3)4)88(131)115-75(86(129)106-47-82(103)125)51-144-52-83(126)107-71(39-56-27-30-60(122)31-28-56)94(137)116(8)55(7)85(128)111-73(43-81(102)124)96(139)120-35-19-26-78(120)92(135)114-74-46-104-44-57-29-32-65(100)64(38-57)99(142)143-84(127)50-119-48-59(63-21-16-18-25-76(63)119)41-72(95(138)118(10)79(24-14-12-2)98(141)117(77)9)113-87(130)67(33-34-101)108-89(132)69(40-58-45-105-66-22-17-15-20-62(58)66)110-93(136)80-42-61(123)49-121(80)97(140)70(37-54(5)6)112-90(74)133/h15-18,20-22,25,27-32,38,45,48,53-55,61,67-75,77-80,104-105,122-123,142H,11-14,19,23-24,26,33-37,39-44,46-47,49-52,101H2,1-10H3,(H2,102,124)(H2,103,125)(H,106,129)(H,107,126)(H,108,132)(H,109,134)(H,110,136)(H,111,128)(H,112,133)(H,113,130)(H,114,135)(H,115,131)/t55-,61+,67-,68-,69-,70-,71-,72-,73-,74-,75-,77-,78-,79-,80-/m0/s1. The number of benzene rings is 4. The third-order valence-corrected chi connectivity index (χ3v) is 27.5. The molecule has 6 bridgehead atoms. The predicted octanol–water partition coefficient (Wildman–Crippen LogP) is -1.59. The summed E-state index contributed by atoms with van der Waals surface area (Å²) < 4.78 is 7.20. The number of nitrogens with one attached hydrogen (secondary N) is 12. The van der Waals surface area contributed by atoms with Crippen LogP contribution in [0.1, 0.15) is 154 Å². The van der Waals surface area contributed by atoms with Crippen LogP contribution in [0.15, 0.2) is 103 Å². The minimum atomic E-state index is -2.06. The molecule has 3 saturated heterocycles. The second kappa shape index (κ2) is 52.9. The van der Waals surface area contributed by atoms with Crippen molar-refractivity contribution in [3.63, 3.8) is 0 Å². The quantitative estimate of drug-likeness (QED) is 0.0285. The van der Waals surface area contributed by atoms with Crippen molar-refractivity contribution in [3.8, 4) is 5.75 Å². The molecule has 4 aromatic carbocycles. The van der Waals surface area contributed by atoms with Gasteiger partial charge in [-0.05, 0) is 123 Å². The van der Waals surface area contributed by atoms with Crippen molar-refractivity contribution >= 4 is 164 Å². The minimum Gasteiger partial charge on any atom is -0.508 e. The first kappa shape index (κ1) is 113. The van der Waals surface area contributed by atoms with Crippen molar-refractivity contribution in [1.82, 2.24) is 92.5 Å². The highest BCUT2D eigenvalue weighted by Crippen LogP contribution is 2.30. The van der Waals surface area contributed by atoms with E-state index in [0.29, 0.717) is 69.7 Å². The fourth-order valence-corrected chi connectivity index (χ4v) is 19.3. The Labute approximate surface area is 844 Å². The minimum absolute atomic E-state index is 0.0125. The van der Waals surface area contributed by atoms with Gasteiger partial charge in [0.05, 0.1) is 24.8 Å². The third kappa shape index (κ3) is 30.4. The predicted molar refractivity (Wildman–Crippen MR) is 535 cm³/mol. The summed E-state index contributed by atoms with van der Waals surface area (Å²) in [6.07, 6.45) is 0.539. The molecule has 780 valence electrons. The average molecular weight is 2040 g/mol. The normalized spacial score (nSPS) is 24.8. The molecule has 43 nitrogen and oxygen atoms in total. The highest BCUT2D eigenvalue weighted by molar-refractivity contribution is 8.00. The molecule has 2 aromatic heterocycles. The van der Waals surface area contributed by atoms with Gasteiger partial charge in [0.25, 0.3) is 0 Å². The van der Waals surface area contributed by atoms with Crippen molar-refractivity contribution in [2.75, 3.05) is 65.4 Å². The lowest BCUT2D eigenvalue weighted by Crippen LogP contribution is -2.62. The number of para-hydroxylation sites is 2. The Morgan fingerprint density at radius 1 is 0.611 bits per heavy atom. The zero-order chi connectivity index (χ0) is 105. The molecule has 0 aliphatic carbocycles. The Balaban J connectivity index is 1.11. The number of hydrogen-bond acceptors (Lipinski definition) is 25. The number of H-pyrrole nitrogens is 1. The number of halogens is 1. The van der Waals surface area contributed by atoms with Crippen LogP contribution in [0.25, 0.3) is 21.8 Å². The number of hydrogen-bond donors (Lipinski definition) is 18. The largest absolute Gasteiger partial charge is 0.563 e. The number of aliphatic hydroxyl groups is 1. The zero-order valence-electron chi connectivity index (χ0n) is 82.7. The number of nitrogens with zero attached hydrogens (tertiary/aromatic N) is 6. The van der Waals surface area contributed by atoms with E-state index >= 15 is 47.9 Å². The van der Waals surface area contributed by atoms with Crippen LogP contribution in [-0.2, 0) is 123 Å². The molecule has 0 unspecified atom stereocenters. The summed E-state index contributed by atoms with van der Waals surface area (Å²) in [6.45, 7) is 8.98. The molecule has 0 spiro atoms. The van der Waals surface area contributed by atoms with Crippen LogP contribution >= 0.6 is 23.4 Å². The van der Waals surface area contributed by atoms with Crippen LogP contribution in [0.5, 0.6) is 5.75 Å². The highest BCUT2D eigenvalue weighted by atomic mass is 35.5.